The van der Waals surface area contributed by atoms with Crippen LogP contribution < -0.4 is 5.32 Å². The molecule has 0 aromatic carbocycles. The van der Waals surface area contributed by atoms with E-state index in [0.717, 1.165) is 16.5 Å². The summed E-state index contributed by atoms with van der Waals surface area (Å²) < 4.78 is 15.8. The molecule has 0 aliphatic heterocycles. The van der Waals surface area contributed by atoms with Gasteiger partial charge in [-0.25, -0.2) is 19.3 Å². The van der Waals surface area contributed by atoms with Crippen LogP contribution in [0.25, 0.3) is 32.6 Å². The van der Waals surface area contributed by atoms with E-state index in [4.69, 9.17) is 9.97 Å². The molecule has 0 saturated heterocycles. The Morgan fingerprint density at radius 3 is 2.87 bits per heavy atom. The van der Waals surface area contributed by atoms with Gasteiger partial charge in [-0.05, 0) is 22.9 Å². The van der Waals surface area contributed by atoms with Gasteiger partial charge < -0.3 is 10.1 Å². The van der Waals surface area contributed by atoms with Gasteiger partial charge >= 0.3 is 0 Å². The zero-order valence-corrected chi connectivity index (χ0v) is 20.3. The number of pyridine rings is 1. The molecule has 0 amide bonds. The van der Waals surface area contributed by atoms with Crippen LogP contribution in [0.5, 0.6) is 0 Å². The topological polar surface area (TPSA) is 72.7 Å². The molecule has 30 heavy (non-hydrogen) atoms. The van der Waals surface area contributed by atoms with Crippen LogP contribution in [0.3, 0.4) is 0 Å². The van der Waals surface area contributed by atoms with Gasteiger partial charge in [-0.1, -0.05) is 20.8 Å². The van der Waals surface area contributed by atoms with E-state index in [1.54, 1.807) is 0 Å². The van der Waals surface area contributed by atoms with Gasteiger partial charge in [-0.2, -0.15) is 0 Å². The molecular weight excluding hydrogens is 536 g/mol. The number of aldehydes is 1. The maximum atomic E-state index is 14.0. The third-order valence-corrected chi connectivity index (χ3v) is 7.41. The van der Waals surface area contributed by atoms with Gasteiger partial charge in [0.1, 0.15) is 22.8 Å². The van der Waals surface area contributed by atoms with Crippen LogP contribution in [0.1, 0.15) is 27.2 Å². The van der Waals surface area contributed by atoms with Gasteiger partial charge in [0.25, 0.3) is 0 Å². The summed E-state index contributed by atoms with van der Waals surface area (Å²) in [5.74, 6) is 0.757. The Balaban J connectivity index is 1.89. The highest BCUT2D eigenvalue weighted by atomic mass is 127. The summed E-state index contributed by atoms with van der Waals surface area (Å²) in [7, 11) is 1.44. The third kappa shape index (κ3) is 4.04. The molecule has 1 unspecified atom stereocenters. The number of carbonyl (C=O) groups excluding carboxylic acids is 1. The van der Waals surface area contributed by atoms with Crippen molar-refractivity contribution in [3.05, 3.63) is 35.7 Å². The molecule has 0 aliphatic carbocycles. The number of anilines is 1. The van der Waals surface area contributed by atoms with Gasteiger partial charge in [0.15, 0.2) is 11.5 Å². The fraction of sp³-hybridized carbons (Fsp3) is 0.300. The molecule has 0 aliphatic rings. The first-order valence-corrected chi connectivity index (χ1v) is 13.4. The van der Waals surface area contributed by atoms with Crippen molar-refractivity contribution in [1.82, 2.24) is 18.9 Å². The molecule has 1 N–H and O–H groups in total. The molecule has 4 aromatic heterocycles. The SMILES string of the molecule is CC(C)(C)C(CC=O)Nc1nc(-c2cn(SI)c3ncc(F)cc23)nc2sccc12. The Kier molecular flexibility index (Phi) is 5.99. The highest BCUT2D eigenvalue weighted by Gasteiger charge is 2.26. The predicted octanol–water partition coefficient (Wildman–Crippen LogP) is 6.11. The van der Waals surface area contributed by atoms with Crippen molar-refractivity contribution in [2.75, 3.05) is 5.32 Å². The summed E-state index contributed by atoms with van der Waals surface area (Å²) in [5, 5.41) is 6.98. The maximum absolute atomic E-state index is 14.0. The molecule has 0 spiro atoms. The monoisotopic (exact) mass is 555 g/mol. The number of thiophene rings is 1. The average Bonchev–Trinajstić information content (AvgIpc) is 3.30. The molecule has 4 aromatic rings. The van der Waals surface area contributed by atoms with Gasteiger partial charge in [-0.3, -0.25) is 3.97 Å². The Labute approximate surface area is 193 Å². The minimum atomic E-state index is -0.408. The highest BCUT2D eigenvalue weighted by molar-refractivity contribution is 14.2. The number of hydrogen-bond acceptors (Lipinski definition) is 7. The molecule has 6 nitrogen and oxygen atoms in total. The number of fused-ring (bicyclic) bond motifs is 2. The Morgan fingerprint density at radius 1 is 1.37 bits per heavy atom. The first-order chi connectivity index (χ1) is 14.3. The molecule has 4 rings (SSSR count). The molecule has 0 fully saturated rings. The van der Waals surface area contributed by atoms with Gasteiger partial charge in [-0.15, -0.1) is 11.3 Å². The second kappa shape index (κ2) is 8.39. The van der Waals surface area contributed by atoms with E-state index in [9.17, 15) is 9.18 Å². The first-order valence-electron chi connectivity index (χ1n) is 9.23. The van der Waals surface area contributed by atoms with E-state index >= 15 is 0 Å². The standard InChI is InChI=1S/C20H19FIN5OS2/c1-20(2,3)15(4-6-28)24-16-12-5-7-29-19(12)26-17(25-16)14-10-27(30-22)18-13(14)8-11(21)9-23-18/h5-10,15H,4H2,1-3H3,(H,24,25,26). The number of nitrogens with one attached hydrogen (secondary N) is 1. The average molecular weight is 555 g/mol. The van der Waals surface area contributed by atoms with E-state index in [0.29, 0.717) is 34.7 Å². The summed E-state index contributed by atoms with van der Waals surface area (Å²) in [4.78, 5) is 25.8. The lowest BCUT2D eigenvalue weighted by molar-refractivity contribution is -0.108. The van der Waals surface area contributed by atoms with Gasteiger partial charge in [0.2, 0.25) is 0 Å². The van der Waals surface area contributed by atoms with E-state index in [1.807, 2.05) is 21.6 Å². The number of carbonyl (C=O) groups is 1. The van der Waals surface area contributed by atoms with Crippen molar-refractivity contribution < 1.29 is 9.18 Å². The summed E-state index contributed by atoms with van der Waals surface area (Å²) in [6.45, 7) is 6.25. The Hall–Kier alpha value is -1.79. The number of hydrogen-bond donors (Lipinski definition) is 1. The van der Waals surface area contributed by atoms with Crippen LogP contribution in [0.4, 0.5) is 10.2 Å². The van der Waals surface area contributed by atoms with Crippen LogP contribution in [-0.4, -0.2) is 31.3 Å². The molecule has 0 bridgehead atoms. The fourth-order valence-corrected chi connectivity index (χ4v) is 5.28. The molecule has 4 heterocycles. The third-order valence-electron chi connectivity index (χ3n) is 4.91. The molecular formula is C20H19FIN5OS2. The van der Waals surface area contributed by atoms with Gasteiger partial charge in [0, 0.05) is 59.9 Å². The van der Waals surface area contributed by atoms with Gasteiger partial charge in [0.05, 0.1) is 11.6 Å². The minimum absolute atomic E-state index is 0.0915. The summed E-state index contributed by atoms with van der Waals surface area (Å²) in [6, 6.07) is 3.34. The molecule has 10 heteroatoms. The zero-order chi connectivity index (χ0) is 21.5. The van der Waals surface area contributed by atoms with Crippen molar-refractivity contribution in [1.29, 1.82) is 0 Å². The first kappa shape index (κ1) is 21.4. The largest absolute Gasteiger partial charge is 0.366 e. The summed E-state index contributed by atoms with van der Waals surface area (Å²) >= 11 is 3.67. The van der Waals surface area contributed by atoms with Crippen molar-refractivity contribution in [3.8, 4) is 11.4 Å². The van der Waals surface area contributed by atoms with E-state index in [2.05, 4.69) is 52.3 Å². The van der Waals surface area contributed by atoms with Crippen LogP contribution in [-0.2, 0) is 4.79 Å². The lowest BCUT2D eigenvalue weighted by atomic mass is 9.85. The molecule has 0 saturated carbocycles. The lowest BCUT2D eigenvalue weighted by Crippen LogP contribution is -2.34. The van der Waals surface area contributed by atoms with Crippen molar-refractivity contribution in [3.63, 3.8) is 0 Å². The van der Waals surface area contributed by atoms with E-state index in [-0.39, 0.29) is 11.5 Å². The predicted molar refractivity (Wildman–Crippen MR) is 131 cm³/mol. The van der Waals surface area contributed by atoms with Crippen molar-refractivity contribution in [2.45, 2.75) is 33.2 Å². The lowest BCUT2D eigenvalue weighted by Gasteiger charge is -2.30. The smallest absolute Gasteiger partial charge is 0.165 e. The molecule has 0 radical (unpaired) electrons. The normalized spacial score (nSPS) is 13.1. The van der Waals surface area contributed by atoms with E-state index in [1.165, 1.54) is 32.7 Å². The fourth-order valence-electron chi connectivity index (χ4n) is 3.26. The van der Waals surface area contributed by atoms with Crippen molar-refractivity contribution >= 4 is 75.0 Å². The maximum Gasteiger partial charge on any atom is 0.165 e. The van der Waals surface area contributed by atoms with Crippen LogP contribution in [0, 0.1) is 11.2 Å². The minimum Gasteiger partial charge on any atom is -0.366 e. The number of halogens is 2. The second-order valence-corrected chi connectivity index (χ2v) is 10.6. The molecule has 156 valence electrons. The highest BCUT2D eigenvalue weighted by Crippen LogP contribution is 2.36. The van der Waals surface area contributed by atoms with Crippen LogP contribution >= 0.6 is 41.7 Å². The zero-order valence-electron chi connectivity index (χ0n) is 16.5. The number of rotatable bonds is 6. The van der Waals surface area contributed by atoms with E-state index < -0.39 is 5.82 Å². The van der Waals surface area contributed by atoms with Crippen molar-refractivity contribution in [2.24, 2.45) is 5.41 Å². The summed E-state index contributed by atoms with van der Waals surface area (Å²) in [6.07, 6.45) is 4.38. The van der Waals surface area contributed by atoms with Crippen LogP contribution in [0.15, 0.2) is 29.9 Å². The number of aromatic nitrogens is 4. The number of nitrogens with zero attached hydrogens (tertiary/aromatic N) is 4. The second-order valence-electron chi connectivity index (χ2n) is 7.96. The van der Waals surface area contributed by atoms with Crippen LogP contribution in [0.2, 0.25) is 0 Å². The Morgan fingerprint density at radius 2 is 2.17 bits per heavy atom. The quantitative estimate of drug-likeness (QED) is 0.229. The Bertz CT molecular complexity index is 1230. The molecule has 1 atom stereocenters. The summed E-state index contributed by atoms with van der Waals surface area (Å²) in [5.41, 5.74) is 1.22.